The number of methoxy groups -OCH3 is 1. The summed E-state index contributed by atoms with van der Waals surface area (Å²) in [6.45, 7) is 2.05. The number of hydrogen-bond acceptors (Lipinski definition) is 5. The van der Waals surface area contributed by atoms with Crippen LogP contribution in [0.25, 0.3) is 0 Å². The highest BCUT2D eigenvalue weighted by molar-refractivity contribution is 7.89. The van der Waals surface area contributed by atoms with Gasteiger partial charge in [-0.2, -0.15) is 13.1 Å². The summed E-state index contributed by atoms with van der Waals surface area (Å²) >= 11 is 0. The van der Waals surface area contributed by atoms with E-state index in [4.69, 9.17) is 4.74 Å². The van der Waals surface area contributed by atoms with Gasteiger partial charge in [0.25, 0.3) is 5.91 Å². The number of hydrogen-bond donors (Lipinski definition) is 0. The zero-order chi connectivity index (χ0) is 25.0. The molecule has 0 radical (unpaired) electrons. The maximum atomic E-state index is 13.2. The molecule has 1 amide bonds. The molecule has 2 unspecified atom stereocenters. The summed E-state index contributed by atoms with van der Waals surface area (Å²) in [5.74, 6) is 0.145. The molecule has 0 aromatic heterocycles. The summed E-state index contributed by atoms with van der Waals surface area (Å²) < 4.78 is 62.8. The average molecular weight is 497 g/mol. The van der Waals surface area contributed by atoms with Gasteiger partial charge in [0.15, 0.2) is 11.5 Å². The van der Waals surface area contributed by atoms with E-state index in [-0.39, 0.29) is 40.3 Å². The topological polar surface area (TPSA) is 76.2 Å². The number of amides is 1. The fourth-order valence-corrected chi connectivity index (χ4v) is 6.04. The van der Waals surface area contributed by atoms with Crippen molar-refractivity contribution in [3.8, 4) is 11.5 Å². The van der Waals surface area contributed by atoms with Crippen LogP contribution in [-0.4, -0.2) is 57.4 Å². The van der Waals surface area contributed by atoms with Gasteiger partial charge in [-0.1, -0.05) is 26.0 Å². The fraction of sp³-hybridized carbons (Fsp3) is 0.458. The highest BCUT2D eigenvalue weighted by Gasteiger charge is 2.32. The van der Waals surface area contributed by atoms with E-state index < -0.39 is 22.5 Å². The molecular formula is C24H30F2N2O5S. The Morgan fingerprint density at radius 2 is 1.79 bits per heavy atom. The van der Waals surface area contributed by atoms with Gasteiger partial charge >= 0.3 is 6.61 Å². The third-order valence-corrected chi connectivity index (χ3v) is 7.59. The monoisotopic (exact) mass is 496 g/mol. The fourth-order valence-electron chi connectivity index (χ4n) is 4.31. The van der Waals surface area contributed by atoms with Crippen molar-refractivity contribution in [3.63, 3.8) is 0 Å². The van der Waals surface area contributed by atoms with Crippen LogP contribution in [0.4, 0.5) is 8.78 Å². The molecule has 1 aliphatic rings. The van der Waals surface area contributed by atoms with Gasteiger partial charge in [-0.05, 0) is 54.2 Å². The van der Waals surface area contributed by atoms with Gasteiger partial charge in [0.2, 0.25) is 10.0 Å². The van der Waals surface area contributed by atoms with E-state index in [9.17, 15) is 22.0 Å². The zero-order valence-electron chi connectivity index (χ0n) is 19.7. The summed E-state index contributed by atoms with van der Waals surface area (Å²) in [6, 6.07) is 10.5. The van der Waals surface area contributed by atoms with Crippen molar-refractivity contribution in [2.24, 2.45) is 11.8 Å². The van der Waals surface area contributed by atoms with E-state index in [1.54, 1.807) is 25.2 Å². The van der Waals surface area contributed by atoms with Crippen LogP contribution in [0.1, 0.15) is 36.2 Å². The molecule has 2 aromatic rings. The van der Waals surface area contributed by atoms with Gasteiger partial charge in [-0.25, -0.2) is 8.42 Å². The van der Waals surface area contributed by atoms with Crippen molar-refractivity contribution in [3.05, 3.63) is 53.6 Å². The molecule has 0 N–H and O–H groups in total. The quantitative estimate of drug-likeness (QED) is 0.547. The molecule has 1 saturated heterocycles. The van der Waals surface area contributed by atoms with Crippen LogP contribution in [0.2, 0.25) is 0 Å². The second kappa shape index (κ2) is 10.7. The first kappa shape index (κ1) is 25.9. The van der Waals surface area contributed by atoms with E-state index in [0.29, 0.717) is 18.7 Å². The van der Waals surface area contributed by atoms with Gasteiger partial charge < -0.3 is 14.4 Å². The molecule has 186 valence electrons. The molecule has 1 fully saturated rings. The minimum absolute atomic E-state index is 0.0742. The normalized spacial score (nSPS) is 19.1. The number of ether oxygens (including phenoxy) is 2. The summed E-state index contributed by atoms with van der Waals surface area (Å²) in [4.78, 5) is 14.5. The molecular weight excluding hydrogens is 466 g/mol. The Balaban J connectivity index is 1.78. The van der Waals surface area contributed by atoms with Crippen LogP contribution < -0.4 is 9.47 Å². The van der Waals surface area contributed by atoms with Crippen molar-refractivity contribution in [2.75, 3.05) is 27.2 Å². The van der Waals surface area contributed by atoms with Gasteiger partial charge in [0.1, 0.15) is 0 Å². The molecule has 10 heteroatoms. The molecule has 3 rings (SSSR count). The summed E-state index contributed by atoms with van der Waals surface area (Å²) in [5.41, 5.74) is 0.770. The number of rotatable bonds is 8. The first-order valence-electron chi connectivity index (χ1n) is 11.0. The second-order valence-electron chi connectivity index (χ2n) is 8.82. The van der Waals surface area contributed by atoms with Crippen molar-refractivity contribution in [2.45, 2.75) is 38.3 Å². The van der Waals surface area contributed by atoms with Crippen molar-refractivity contribution < 1.29 is 31.5 Å². The lowest BCUT2D eigenvalue weighted by Gasteiger charge is -2.34. The Morgan fingerprint density at radius 3 is 2.41 bits per heavy atom. The minimum atomic E-state index is -3.73. The number of nitrogens with zero attached hydrogens (tertiary/aromatic N) is 2. The average Bonchev–Trinajstić information content (AvgIpc) is 2.77. The number of alkyl halides is 2. The second-order valence-corrected chi connectivity index (χ2v) is 10.8. The van der Waals surface area contributed by atoms with Crippen LogP contribution in [0.3, 0.4) is 0 Å². The molecule has 1 aliphatic heterocycles. The standard InChI is InChI=1S/C24H30F2N2O5S/c1-16-10-17(2)14-28(13-16)34(30,31)20-7-5-6-19(12-20)23(29)27(3)15-18-8-9-21(32-4)22(11-18)33-24(25)26/h5-9,11-12,16-17,24H,10,13-15H2,1-4H3. The predicted octanol–water partition coefficient (Wildman–Crippen LogP) is 4.24. The molecule has 0 spiro atoms. The smallest absolute Gasteiger partial charge is 0.387 e. The Bertz CT molecular complexity index is 1120. The first-order valence-corrected chi connectivity index (χ1v) is 12.4. The van der Waals surface area contributed by atoms with Gasteiger partial charge in [-0.3, -0.25) is 4.79 Å². The lowest BCUT2D eigenvalue weighted by molar-refractivity contribution is -0.0512. The number of sulfonamides is 1. The summed E-state index contributed by atoms with van der Waals surface area (Å²) in [7, 11) is -0.839. The van der Waals surface area contributed by atoms with E-state index >= 15 is 0 Å². The van der Waals surface area contributed by atoms with Crippen LogP contribution in [0, 0.1) is 11.8 Å². The lowest BCUT2D eigenvalue weighted by atomic mass is 9.94. The molecule has 2 atom stereocenters. The van der Waals surface area contributed by atoms with Crippen LogP contribution in [0.5, 0.6) is 11.5 Å². The molecule has 34 heavy (non-hydrogen) atoms. The number of halogens is 2. The number of piperidine rings is 1. The van der Waals surface area contributed by atoms with Crippen LogP contribution in [-0.2, 0) is 16.6 Å². The van der Waals surface area contributed by atoms with Gasteiger partial charge in [0, 0.05) is 32.2 Å². The molecule has 0 aliphatic carbocycles. The van der Waals surface area contributed by atoms with Crippen molar-refractivity contribution >= 4 is 15.9 Å². The minimum Gasteiger partial charge on any atom is -0.493 e. The number of benzene rings is 2. The molecule has 7 nitrogen and oxygen atoms in total. The van der Waals surface area contributed by atoms with E-state index in [2.05, 4.69) is 4.74 Å². The largest absolute Gasteiger partial charge is 0.493 e. The Kier molecular flexibility index (Phi) is 8.14. The SMILES string of the molecule is COc1ccc(CN(C)C(=O)c2cccc(S(=O)(=O)N3CC(C)CC(C)C3)c2)cc1OC(F)F. The van der Waals surface area contributed by atoms with E-state index in [1.165, 1.54) is 40.6 Å². The Hall–Kier alpha value is -2.72. The molecule has 1 heterocycles. The van der Waals surface area contributed by atoms with Gasteiger partial charge in [-0.15, -0.1) is 0 Å². The van der Waals surface area contributed by atoms with Crippen molar-refractivity contribution in [1.29, 1.82) is 0 Å². The zero-order valence-corrected chi connectivity index (χ0v) is 20.5. The third-order valence-electron chi connectivity index (χ3n) is 5.76. The number of carbonyl (C=O) groups is 1. The maximum absolute atomic E-state index is 13.2. The van der Waals surface area contributed by atoms with E-state index in [1.807, 2.05) is 13.8 Å². The molecule has 0 bridgehead atoms. The van der Waals surface area contributed by atoms with Crippen LogP contribution in [0.15, 0.2) is 47.4 Å². The molecule has 0 saturated carbocycles. The summed E-state index contributed by atoms with van der Waals surface area (Å²) in [5, 5.41) is 0. The number of carbonyl (C=O) groups excluding carboxylic acids is 1. The Morgan fingerprint density at radius 1 is 1.12 bits per heavy atom. The predicted molar refractivity (Wildman–Crippen MR) is 124 cm³/mol. The maximum Gasteiger partial charge on any atom is 0.387 e. The third kappa shape index (κ3) is 6.04. The lowest BCUT2D eigenvalue weighted by Crippen LogP contribution is -2.42. The van der Waals surface area contributed by atoms with E-state index in [0.717, 1.165) is 6.42 Å². The highest BCUT2D eigenvalue weighted by atomic mass is 32.2. The highest BCUT2D eigenvalue weighted by Crippen LogP contribution is 2.30. The first-order chi connectivity index (χ1) is 16.0. The Labute approximate surface area is 199 Å². The summed E-state index contributed by atoms with van der Waals surface area (Å²) in [6.07, 6.45) is 0.977. The van der Waals surface area contributed by atoms with Gasteiger partial charge in [0.05, 0.1) is 12.0 Å². The van der Waals surface area contributed by atoms with Crippen molar-refractivity contribution in [1.82, 2.24) is 9.21 Å². The molecule has 2 aromatic carbocycles. The van der Waals surface area contributed by atoms with Crippen LogP contribution >= 0.6 is 0 Å².